The lowest BCUT2D eigenvalue weighted by atomic mass is 10.1. The number of thioether (sulfide) groups is 1. The first-order valence-corrected chi connectivity index (χ1v) is 13.2. The van der Waals surface area contributed by atoms with E-state index in [4.69, 9.17) is 4.42 Å². The molecule has 2 fully saturated rings. The van der Waals surface area contributed by atoms with Crippen LogP contribution in [-0.2, 0) is 9.59 Å². The van der Waals surface area contributed by atoms with Crippen molar-refractivity contribution < 1.29 is 23.9 Å². The molecule has 0 radical (unpaired) electrons. The van der Waals surface area contributed by atoms with Gasteiger partial charge < -0.3 is 14.4 Å². The second kappa shape index (κ2) is 11.1. The topological polar surface area (TPSA) is 116 Å². The molecule has 3 aromatic rings. The second-order valence-corrected chi connectivity index (χ2v) is 9.96. The van der Waals surface area contributed by atoms with Gasteiger partial charge in [-0.25, -0.2) is 9.79 Å². The summed E-state index contributed by atoms with van der Waals surface area (Å²) in [6.45, 7) is 3.00. The molecule has 2 aliphatic rings. The van der Waals surface area contributed by atoms with Crippen molar-refractivity contribution in [2.24, 2.45) is 4.99 Å². The van der Waals surface area contributed by atoms with Gasteiger partial charge in [-0.3, -0.25) is 19.5 Å². The van der Waals surface area contributed by atoms with E-state index in [1.54, 1.807) is 59.8 Å². The van der Waals surface area contributed by atoms with Crippen LogP contribution in [0.25, 0.3) is 17.4 Å². The Morgan fingerprint density at radius 1 is 1.21 bits per heavy atom. The van der Waals surface area contributed by atoms with Crippen LogP contribution in [0.1, 0.15) is 42.3 Å². The Hall–Kier alpha value is -4.18. The summed E-state index contributed by atoms with van der Waals surface area (Å²) < 4.78 is 5.99. The highest BCUT2D eigenvalue weighted by Gasteiger charge is 2.35. The molecule has 0 bridgehead atoms. The fourth-order valence-corrected chi connectivity index (χ4v) is 5.47. The minimum Gasteiger partial charge on any atom is -0.480 e. The number of amides is 2. The number of aliphatic imine (C=N–C) groups is 1. The number of benzene rings is 1. The predicted octanol–water partition coefficient (Wildman–Crippen LogP) is 5.04. The van der Waals surface area contributed by atoms with Crippen LogP contribution in [0, 0.1) is 0 Å². The molecule has 2 aliphatic heterocycles. The molecule has 2 amide bonds. The number of aliphatic carboxylic acids is 1. The normalized spacial score (nSPS) is 19.6. The van der Waals surface area contributed by atoms with E-state index >= 15 is 0 Å². The maximum absolute atomic E-state index is 13.1. The van der Waals surface area contributed by atoms with Crippen molar-refractivity contribution >= 4 is 46.5 Å². The summed E-state index contributed by atoms with van der Waals surface area (Å²) in [4.78, 5) is 49.6. The Bertz CT molecular complexity index is 1410. The first-order chi connectivity index (χ1) is 18.4. The molecular weight excluding hydrogens is 504 g/mol. The Balaban J connectivity index is 1.33. The van der Waals surface area contributed by atoms with Crippen molar-refractivity contribution in [2.75, 3.05) is 13.1 Å². The number of rotatable bonds is 7. The average Bonchev–Trinajstić information content (AvgIpc) is 3.66. The quantitative estimate of drug-likeness (QED) is 0.425. The smallest absolute Gasteiger partial charge is 0.326 e. The first kappa shape index (κ1) is 25.5. The van der Waals surface area contributed by atoms with E-state index in [0.717, 1.165) is 12.0 Å². The minimum atomic E-state index is -0.975. The first-order valence-electron chi connectivity index (χ1n) is 12.4. The van der Waals surface area contributed by atoms with Crippen LogP contribution in [0.4, 0.5) is 5.69 Å². The van der Waals surface area contributed by atoms with Crippen LogP contribution in [0.15, 0.2) is 75.2 Å². The molecule has 10 heteroatoms. The minimum absolute atomic E-state index is 0.123. The molecule has 1 N–H and O–H groups in total. The van der Waals surface area contributed by atoms with Gasteiger partial charge >= 0.3 is 5.97 Å². The number of furan rings is 1. The Labute approximate surface area is 223 Å². The molecule has 1 atom stereocenters. The fraction of sp³-hybridized carbons (Fsp3) is 0.250. The second-order valence-electron chi connectivity index (χ2n) is 8.95. The molecular formula is C28H26N4O5S. The van der Waals surface area contributed by atoms with E-state index in [9.17, 15) is 19.5 Å². The van der Waals surface area contributed by atoms with Crippen LogP contribution in [0.5, 0.6) is 0 Å². The number of carbonyl (C=O) groups is 3. The fourth-order valence-electron chi connectivity index (χ4n) is 4.47. The lowest BCUT2D eigenvalue weighted by Gasteiger charge is -2.21. The molecule has 0 saturated carbocycles. The van der Waals surface area contributed by atoms with E-state index in [-0.39, 0.29) is 11.8 Å². The number of carbonyl (C=O) groups excluding carboxylic acids is 2. The van der Waals surface area contributed by atoms with E-state index in [2.05, 4.69) is 9.98 Å². The molecule has 0 spiro atoms. The number of aromatic nitrogens is 1. The van der Waals surface area contributed by atoms with Gasteiger partial charge in [-0.05, 0) is 67.4 Å². The van der Waals surface area contributed by atoms with E-state index in [0.29, 0.717) is 58.8 Å². The van der Waals surface area contributed by atoms with Gasteiger partial charge in [0.1, 0.15) is 17.6 Å². The third kappa shape index (κ3) is 5.26. The van der Waals surface area contributed by atoms with Gasteiger partial charge in [0, 0.05) is 36.5 Å². The monoisotopic (exact) mass is 530 g/mol. The number of pyridine rings is 1. The number of carboxylic acid groups (broad SMARTS) is 1. The molecule has 194 valence electrons. The third-order valence-corrected chi connectivity index (χ3v) is 7.33. The van der Waals surface area contributed by atoms with Gasteiger partial charge in [0.25, 0.3) is 11.8 Å². The van der Waals surface area contributed by atoms with Crippen LogP contribution >= 0.6 is 11.8 Å². The Morgan fingerprint density at radius 2 is 2.03 bits per heavy atom. The highest BCUT2D eigenvalue weighted by molar-refractivity contribution is 8.18. The van der Waals surface area contributed by atoms with E-state index < -0.39 is 12.0 Å². The molecule has 0 aliphatic carbocycles. The predicted molar refractivity (Wildman–Crippen MR) is 145 cm³/mol. The molecule has 0 unspecified atom stereocenters. The zero-order chi connectivity index (χ0) is 26.6. The van der Waals surface area contributed by atoms with E-state index in [1.807, 2.05) is 19.1 Å². The highest BCUT2D eigenvalue weighted by Crippen LogP contribution is 2.35. The van der Waals surface area contributed by atoms with Gasteiger partial charge in [0.15, 0.2) is 5.17 Å². The van der Waals surface area contributed by atoms with Crippen LogP contribution < -0.4 is 0 Å². The summed E-state index contributed by atoms with van der Waals surface area (Å²) in [5, 5.41) is 9.97. The summed E-state index contributed by atoms with van der Waals surface area (Å²) >= 11 is 1.30. The molecule has 1 aromatic carbocycles. The van der Waals surface area contributed by atoms with Crippen LogP contribution in [0.3, 0.4) is 0 Å². The van der Waals surface area contributed by atoms with Crippen LogP contribution in [0.2, 0.25) is 0 Å². The number of carboxylic acids is 1. The molecule has 9 nitrogen and oxygen atoms in total. The summed E-state index contributed by atoms with van der Waals surface area (Å²) in [5.41, 5.74) is 1.87. The van der Waals surface area contributed by atoms with Gasteiger partial charge in [-0.1, -0.05) is 19.1 Å². The summed E-state index contributed by atoms with van der Waals surface area (Å²) in [6, 6.07) is 13.4. The number of hydrogen-bond donors (Lipinski definition) is 1. The standard InChI is InChI=1S/C28H26N4O5S/c1-2-14-32-26(34)24(38-28(32)30-20-5-3-13-29-17-20)16-21-11-12-23(37-21)18-7-9-19(10-8-18)25(33)31-15-4-6-22(31)27(35)36/h3,5,7-13,16-17,22H,2,4,6,14-15H2,1H3,(H,35,36)/b24-16-,30-28?/t22-/m0/s1. The number of likely N-dealkylation sites (tertiary alicyclic amines) is 1. The number of hydrogen-bond acceptors (Lipinski definition) is 7. The van der Waals surface area contributed by atoms with Gasteiger partial charge in [0.05, 0.1) is 16.8 Å². The zero-order valence-electron chi connectivity index (χ0n) is 20.7. The number of nitrogens with zero attached hydrogens (tertiary/aromatic N) is 4. The molecule has 4 heterocycles. The van der Waals surface area contributed by atoms with Gasteiger partial charge in [-0.2, -0.15) is 0 Å². The maximum atomic E-state index is 13.1. The summed E-state index contributed by atoms with van der Waals surface area (Å²) in [6.07, 6.45) is 6.98. The SMILES string of the molecule is CCCN1C(=O)/C(=C/c2ccc(-c3ccc(C(=O)N4CCC[C@H]4C(=O)O)cc3)o2)SC1=Nc1cccnc1. The van der Waals surface area contributed by atoms with Gasteiger partial charge in [0.2, 0.25) is 0 Å². The molecule has 2 aromatic heterocycles. The highest BCUT2D eigenvalue weighted by atomic mass is 32.2. The largest absolute Gasteiger partial charge is 0.480 e. The Morgan fingerprint density at radius 3 is 2.74 bits per heavy atom. The van der Waals surface area contributed by atoms with Crippen molar-refractivity contribution in [3.8, 4) is 11.3 Å². The summed E-state index contributed by atoms with van der Waals surface area (Å²) in [7, 11) is 0. The Kier molecular flexibility index (Phi) is 7.41. The molecule has 5 rings (SSSR count). The van der Waals surface area contributed by atoms with Crippen LogP contribution in [-0.4, -0.2) is 62.0 Å². The van der Waals surface area contributed by atoms with Gasteiger partial charge in [-0.15, -0.1) is 0 Å². The molecule has 38 heavy (non-hydrogen) atoms. The summed E-state index contributed by atoms with van der Waals surface area (Å²) in [5.74, 6) is -0.274. The lowest BCUT2D eigenvalue weighted by molar-refractivity contribution is -0.141. The average molecular weight is 531 g/mol. The molecule has 2 saturated heterocycles. The van der Waals surface area contributed by atoms with Crippen molar-refractivity contribution in [3.63, 3.8) is 0 Å². The zero-order valence-corrected chi connectivity index (χ0v) is 21.6. The van der Waals surface area contributed by atoms with Crippen molar-refractivity contribution in [3.05, 3.63) is 77.2 Å². The lowest BCUT2D eigenvalue weighted by Crippen LogP contribution is -2.40. The third-order valence-electron chi connectivity index (χ3n) is 6.32. The maximum Gasteiger partial charge on any atom is 0.326 e. The number of amidine groups is 1. The van der Waals surface area contributed by atoms with Crippen molar-refractivity contribution in [1.82, 2.24) is 14.8 Å². The van der Waals surface area contributed by atoms with E-state index in [1.165, 1.54) is 16.7 Å². The van der Waals surface area contributed by atoms with Crippen molar-refractivity contribution in [1.29, 1.82) is 0 Å². The van der Waals surface area contributed by atoms with Crippen molar-refractivity contribution in [2.45, 2.75) is 32.2 Å².